The molecule has 2 atom stereocenters. The summed E-state index contributed by atoms with van der Waals surface area (Å²) in [6.45, 7) is 5.97. The van der Waals surface area contributed by atoms with E-state index in [2.05, 4.69) is 39.8 Å². The maximum absolute atomic E-state index is 12.7. The number of hydrogen-bond acceptors (Lipinski definition) is 6. The molecule has 2 aliphatic heterocycles. The number of carbonyl (C=O) groups excluding carboxylic acids is 1. The quantitative estimate of drug-likeness (QED) is 0.836. The first kappa shape index (κ1) is 18.1. The van der Waals surface area contributed by atoms with E-state index in [1.165, 1.54) is 0 Å². The maximum atomic E-state index is 12.7. The molecular weight excluding hydrogens is 316 g/mol. The van der Waals surface area contributed by atoms with Gasteiger partial charge in [-0.15, -0.1) is 0 Å². The lowest BCUT2D eigenvalue weighted by molar-refractivity contribution is -0.132. The van der Waals surface area contributed by atoms with Crippen molar-refractivity contribution in [3.05, 3.63) is 18.1 Å². The van der Waals surface area contributed by atoms with Crippen molar-refractivity contribution in [3.8, 4) is 0 Å². The number of aromatic nitrogens is 2. The Morgan fingerprint density at radius 2 is 1.92 bits per heavy atom. The molecule has 25 heavy (non-hydrogen) atoms. The van der Waals surface area contributed by atoms with Crippen molar-refractivity contribution in [2.24, 2.45) is 5.73 Å². The number of nitrogens with two attached hydrogens (primary N) is 1. The average molecular weight is 346 g/mol. The van der Waals surface area contributed by atoms with Crippen LogP contribution >= 0.6 is 0 Å². The van der Waals surface area contributed by atoms with E-state index in [9.17, 15) is 4.79 Å². The number of piperazine rings is 1. The van der Waals surface area contributed by atoms with Crippen LogP contribution in [0.1, 0.15) is 31.9 Å². The topological polar surface area (TPSA) is 78.6 Å². The zero-order valence-electron chi connectivity index (χ0n) is 15.4. The van der Waals surface area contributed by atoms with Gasteiger partial charge in [0.25, 0.3) is 0 Å². The first-order valence-corrected chi connectivity index (χ1v) is 9.38. The van der Waals surface area contributed by atoms with Gasteiger partial charge in [0.1, 0.15) is 12.1 Å². The van der Waals surface area contributed by atoms with Crippen molar-refractivity contribution in [2.75, 3.05) is 44.7 Å². The summed E-state index contributed by atoms with van der Waals surface area (Å²) in [5.74, 6) is 1.24. The smallest absolute Gasteiger partial charge is 0.224 e. The summed E-state index contributed by atoms with van der Waals surface area (Å²) >= 11 is 0. The SMILES string of the molecule is CCc1cc(N2CCN(C(=O)C[C@@H]3CC[C@H](CN)N3C)CC2)ncn1. The number of likely N-dealkylation sites (N-methyl/N-ethyl adjacent to an activating group) is 1. The molecule has 2 fully saturated rings. The third kappa shape index (κ3) is 4.10. The minimum Gasteiger partial charge on any atom is -0.353 e. The third-order valence-electron chi connectivity index (χ3n) is 5.70. The Kier molecular flexibility index (Phi) is 5.86. The predicted octanol–water partition coefficient (Wildman–Crippen LogP) is 0.499. The van der Waals surface area contributed by atoms with Gasteiger partial charge in [-0.25, -0.2) is 9.97 Å². The van der Waals surface area contributed by atoms with Gasteiger partial charge < -0.3 is 15.5 Å². The van der Waals surface area contributed by atoms with Crippen molar-refractivity contribution < 1.29 is 4.79 Å². The number of aryl methyl sites for hydroxylation is 1. The molecule has 7 nitrogen and oxygen atoms in total. The molecule has 0 unspecified atom stereocenters. The standard InChI is InChI=1S/C18H30N6O/c1-3-14-10-17(21-13-20-14)23-6-8-24(9-7-23)18(25)11-15-4-5-16(12-19)22(15)2/h10,13,15-16H,3-9,11-12,19H2,1-2H3/t15-,16+/m0/s1. The number of amides is 1. The highest BCUT2D eigenvalue weighted by molar-refractivity contribution is 5.77. The van der Waals surface area contributed by atoms with Crippen LogP contribution in [0.15, 0.2) is 12.4 Å². The van der Waals surface area contributed by atoms with E-state index < -0.39 is 0 Å². The predicted molar refractivity (Wildman–Crippen MR) is 98.4 cm³/mol. The molecule has 1 amide bonds. The summed E-state index contributed by atoms with van der Waals surface area (Å²) in [6, 6.07) is 2.83. The molecule has 0 bridgehead atoms. The van der Waals surface area contributed by atoms with Gasteiger partial charge in [0.2, 0.25) is 5.91 Å². The summed E-state index contributed by atoms with van der Waals surface area (Å²) in [5.41, 5.74) is 6.86. The normalized spacial score (nSPS) is 24.8. The van der Waals surface area contributed by atoms with E-state index in [0.29, 0.717) is 25.0 Å². The van der Waals surface area contributed by atoms with Gasteiger partial charge in [-0.1, -0.05) is 6.92 Å². The molecule has 1 aromatic heterocycles. The molecule has 0 saturated carbocycles. The van der Waals surface area contributed by atoms with Crippen LogP contribution in [0, 0.1) is 0 Å². The second-order valence-corrected chi connectivity index (χ2v) is 7.08. The summed E-state index contributed by atoms with van der Waals surface area (Å²) in [5, 5.41) is 0. The van der Waals surface area contributed by atoms with Crippen molar-refractivity contribution in [1.29, 1.82) is 0 Å². The number of nitrogens with zero attached hydrogens (tertiary/aromatic N) is 5. The van der Waals surface area contributed by atoms with Crippen LogP contribution in [0.25, 0.3) is 0 Å². The van der Waals surface area contributed by atoms with Crippen LogP contribution in [0.4, 0.5) is 5.82 Å². The molecule has 3 heterocycles. The lowest BCUT2D eigenvalue weighted by atomic mass is 10.1. The van der Waals surface area contributed by atoms with E-state index >= 15 is 0 Å². The molecule has 3 rings (SSSR count). The zero-order chi connectivity index (χ0) is 17.8. The highest BCUT2D eigenvalue weighted by Gasteiger charge is 2.32. The summed E-state index contributed by atoms with van der Waals surface area (Å²) in [7, 11) is 2.10. The molecule has 1 aromatic rings. The molecular formula is C18H30N6O. The van der Waals surface area contributed by atoms with Gasteiger partial charge in [0.15, 0.2) is 0 Å². The molecule has 0 radical (unpaired) electrons. The summed E-state index contributed by atoms with van der Waals surface area (Å²) in [6.07, 6.45) is 5.33. The zero-order valence-corrected chi connectivity index (χ0v) is 15.4. The molecule has 7 heteroatoms. The fourth-order valence-electron chi connectivity index (χ4n) is 3.89. The number of carbonyl (C=O) groups is 1. The Morgan fingerprint density at radius 3 is 2.56 bits per heavy atom. The van der Waals surface area contributed by atoms with E-state index in [-0.39, 0.29) is 5.91 Å². The highest BCUT2D eigenvalue weighted by atomic mass is 16.2. The van der Waals surface area contributed by atoms with Gasteiger partial charge in [-0.2, -0.15) is 0 Å². The van der Waals surface area contributed by atoms with E-state index in [1.54, 1.807) is 6.33 Å². The van der Waals surface area contributed by atoms with Crippen LogP contribution in [-0.4, -0.2) is 77.5 Å². The van der Waals surface area contributed by atoms with Crippen LogP contribution in [0.3, 0.4) is 0 Å². The Hall–Kier alpha value is -1.73. The fourth-order valence-corrected chi connectivity index (χ4v) is 3.89. The molecule has 0 aromatic carbocycles. The fraction of sp³-hybridized carbons (Fsp3) is 0.722. The van der Waals surface area contributed by atoms with E-state index in [0.717, 1.165) is 57.0 Å². The van der Waals surface area contributed by atoms with Crippen LogP contribution in [-0.2, 0) is 11.2 Å². The minimum atomic E-state index is 0.270. The molecule has 0 spiro atoms. The first-order valence-electron chi connectivity index (χ1n) is 9.38. The van der Waals surface area contributed by atoms with Crippen LogP contribution in [0.2, 0.25) is 0 Å². The lowest BCUT2D eigenvalue weighted by Crippen LogP contribution is -2.50. The summed E-state index contributed by atoms with van der Waals surface area (Å²) < 4.78 is 0. The van der Waals surface area contributed by atoms with Crippen LogP contribution < -0.4 is 10.6 Å². The van der Waals surface area contributed by atoms with E-state index in [4.69, 9.17) is 5.73 Å². The number of anilines is 1. The monoisotopic (exact) mass is 346 g/mol. The van der Waals surface area contributed by atoms with Gasteiger partial charge >= 0.3 is 0 Å². The molecule has 2 saturated heterocycles. The third-order valence-corrected chi connectivity index (χ3v) is 5.70. The van der Waals surface area contributed by atoms with Crippen molar-refractivity contribution >= 4 is 11.7 Å². The average Bonchev–Trinajstić information content (AvgIpc) is 3.01. The second kappa shape index (κ2) is 8.10. The Morgan fingerprint density at radius 1 is 1.20 bits per heavy atom. The maximum Gasteiger partial charge on any atom is 0.224 e. The van der Waals surface area contributed by atoms with Gasteiger partial charge in [0.05, 0.1) is 0 Å². The lowest BCUT2D eigenvalue weighted by Gasteiger charge is -2.36. The molecule has 2 aliphatic rings. The first-order chi connectivity index (χ1) is 12.1. The van der Waals surface area contributed by atoms with Crippen molar-refractivity contribution in [3.63, 3.8) is 0 Å². The van der Waals surface area contributed by atoms with E-state index in [1.807, 2.05) is 4.90 Å². The highest BCUT2D eigenvalue weighted by Crippen LogP contribution is 2.25. The molecule has 0 aliphatic carbocycles. The van der Waals surface area contributed by atoms with Gasteiger partial charge in [-0.05, 0) is 26.3 Å². The Balaban J connectivity index is 1.51. The Labute approximate surface area is 150 Å². The van der Waals surface area contributed by atoms with Crippen molar-refractivity contribution in [2.45, 2.75) is 44.7 Å². The van der Waals surface area contributed by atoms with Crippen LogP contribution in [0.5, 0.6) is 0 Å². The number of hydrogen-bond donors (Lipinski definition) is 1. The van der Waals surface area contributed by atoms with Crippen molar-refractivity contribution in [1.82, 2.24) is 19.8 Å². The number of rotatable bonds is 5. The number of likely N-dealkylation sites (tertiary alicyclic amines) is 1. The minimum absolute atomic E-state index is 0.270. The molecule has 2 N–H and O–H groups in total. The molecule has 138 valence electrons. The summed E-state index contributed by atoms with van der Waals surface area (Å²) in [4.78, 5) is 27.8. The van der Waals surface area contributed by atoms with Gasteiger partial charge in [0, 0.05) is 63.0 Å². The van der Waals surface area contributed by atoms with Gasteiger partial charge in [-0.3, -0.25) is 9.69 Å². The second-order valence-electron chi connectivity index (χ2n) is 7.08. The largest absolute Gasteiger partial charge is 0.353 e. The Bertz CT molecular complexity index is 587.